The summed E-state index contributed by atoms with van der Waals surface area (Å²) in [5.41, 5.74) is -0.702. The first kappa shape index (κ1) is 15.9. The molecule has 0 radical (unpaired) electrons. The van der Waals surface area contributed by atoms with Gasteiger partial charge in [-0.15, -0.1) is 5.10 Å². The molecule has 21 heavy (non-hydrogen) atoms. The minimum atomic E-state index is -0.522. The lowest BCUT2D eigenvalue weighted by Gasteiger charge is -2.38. The molecule has 0 saturated heterocycles. The highest BCUT2D eigenvalue weighted by Gasteiger charge is 2.36. The molecular formula is C15H26N4O2. The van der Waals surface area contributed by atoms with Crippen LogP contribution in [-0.2, 0) is 5.41 Å². The molecule has 1 aliphatic carbocycles. The number of nitrogens with zero attached hydrogens (tertiary/aromatic N) is 2. The standard InChI is InChI=1S/C15H26N4O2/c1-10-5-7-15(9-20,8-6-10)17-12(21)11-16-13(19-18-11)14(2,3)4/h10,20H,5-9H2,1-4H3,(H,17,21)(H,16,18,19). The van der Waals surface area contributed by atoms with Crippen LogP contribution in [-0.4, -0.2) is 38.3 Å². The summed E-state index contributed by atoms with van der Waals surface area (Å²) in [4.78, 5) is 16.6. The summed E-state index contributed by atoms with van der Waals surface area (Å²) in [6.07, 6.45) is 3.63. The highest BCUT2D eigenvalue weighted by atomic mass is 16.3. The molecular weight excluding hydrogens is 268 g/mol. The first-order valence-corrected chi connectivity index (χ1v) is 7.62. The largest absolute Gasteiger partial charge is 0.394 e. The van der Waals surface area contributed by atoms with Gasteiger partial charge >= 0.3 is 0 Å². The van der Waals surface area contributed by atoms with E-state index in [1.54, 1.807) is 0 Å². The van der Waals surface area contributed by atoms with Crippen LogP contribution in [0.3, 0.4) is 0 Å². The van der Waals surface area contributed by atoms with E-state index in [2.05, 4.69) is 27.4 Å². The van der Waals surface area contributed by atoms with Crippen molar-refractivity contribution >= 4 is 5.91 Å². The molecule has 118 valence electrons. The average Bonchev–Trinajstić information content (AvgIpc) is 2.91. The van der Waals surface area contributed by atoms with E-state index in [4.69, 9.17) is 0 Å². The Balaban J connectivity index is 2.08. The first-order chi connectivity index (χ1) is 9.76. The summed E-state index contributed by atoms with van der Waals surface area (Å²) in [6.45, 7) is 8.18. The van der Waals surface area contributed by atoms with Crippen molar-refractivity contribution in [1.29, 1.82) is 0 Å². The molecule has 1 amide bonds. The quantitative estimate of drug-likeness (QED) is 0.792. The van der Waals surface area contributed by atoms with Gasteiger partial charge in [-0.1, -0.05) is 27.7 Å². The lowest BCUT2D eigenvalue weighted by molar-refractivity contribution is 0.0708. The van der Waals surface area contributed by atoms with Crippen LogP contribution in [0.15, 0.2) is 0 Å². The van der Waals surface area contributed by atoms with Gasteiger partial charge in [0, 0.05) is 5.41 Å². The van der Waals surface area contributed by atoms with Crippen molar-refractivity contribution in [2.24, 2.45) is 5.92 Å². The topological polar surface area (TPSA) is 90.9 Å². The van der Waals surface area contributed by atoms with Crippen LogP contribution in [0, 0.1) is 5.92 Å². The molecule has 1 heterocycles. The van der Waals surface area contributed by atoms with Gasteiger partial charge in [-0.3, -0.25) is 9.89 Å². The predicted molar refractivity (Wildman–Crippen MR) is 80.0 cm³/mol. The molecule has 2 rings (SSSR count). The molecule has 6 heteroatoms. The number of amides is 1. The van der Waals surface area contributed by atoms with Crippen LogP contribution in [0.1, 0.15) is 69.8 Å². The van der Waals surface area contributed by atoms with E-state index >= 15 is 0 Å². The zero-order valence-electron chi connectivity index (χ0n) is 13.4. The molecule has 0 unspecified atom stereocenters. The molecule has 1 fully saturated rings. The fraction of sp³-hybridized carbons (Fsp3) is 0.800. The fourth-order valence-corrected chi connectivity index (χ4v) is 2.63. The molecule has 0 spiro atoms. The van der Waals surface area contributed by atoms with Crippen LogP contribution >= 0.6 is 0 Å². The van der Waals surface area contributed by atoms with Gasteiger partial charge < -0.3 is 10.4 Å². The number of rotatable bonds is 3. The van der Waals surface area contributed by atoms with Crippen molar-refractivity contribution in [3.05, 3.63) is 11.6 Å². The second-order valence-electron chi connectivity index (χ2n) is 7.33. The van der Waals surface area contributed by atoms with Crippen molar-refractivity contribution in [2.75, 3.05) is 6.61 Å². The molecule has 0 atom stereocenters. The average molecular weight is 294 g/mol. The highest BCUT2D eigenvalue weighted by molar-refractivity contribution is 5.90. The lowest BCUT2D eigenvalue weighted by atomic mass is 9.77. The number of hydrogen-bond acceptors (Lipinski definition) is 4. The third-order valence-electron chi connectivity index (χ3n) is 4.31. The van der Waals surface area contributed by atoms with Gasteiger partial charge in [0.05, 0.1) is 12.1 Å². The van der Waals surface area contributed by atoms with Gasteiger partial charge in [-0.2, -0.15) is 0 Å². The summed E-state index contributed by atoms with van der Waals surface area (Å²) in [7, 11) is 0. The molecule has 1 aliphatic rings. The number of aliphatic hydroxyl groups excluding tert-OH is 1. The summed E-state index contributed by atoms with van der Waals surface area (Å²) in [5.74, 6) is 1.16. The Labute approximate surface area is 125 Å². The monoisotopic (exact) mass is 294 g/mol. The number of nitrogens with one attached hydrogen (secondary N) is 2. The molecule has 0 aliphatic heterocycles. The normalized spacial score (nSPS) is 26.6. The van der Waals surface area contributed by atoms with Gasteiger partial charge in [-0.05, 0) is 31.6 Å². The number of hydrogen-bond donors (Lipinski definition) is 3. The zero-order valence-corrected chi connectivity index (χ0v) is 13.4. The van der Waals surface area contributed by atoms with E-state index in [0.717, 1.165) is 25.7 Å². The molecule has 0 bridgehead atoms. The summed E-state index contributed by atoms with van der Waals surface area (Å²) in [5, 5.41) is 19.5. The number of aromatic amines is 1. The van der Waals surface area contributed by atoms with E-state index in [1.807, 2.05) is 20.8 Å². The number of carbonyl (C=O) groups excluding carboxylic acids is 1. The fourth-order valence-electron chi connectivity index (χ4n) is 2.63. The van der Waals surface area contributed by atoms with Crippen LogP contribution in [0.5, 0.6) is 0 Å². The summed E-state index contributed by atoms with van der Waals surface area (Å²) < 4.78 is 0. The smallest absolute Gasteiger partial charge is 0.291 e. The number of aliphatic hydroxyl groups is 1. The lowest BCUT2D eigenvalue weighted by Crippen LogP contribution is -2.53. The van der Waals surface area contributed by atoms with Gasteiger partial charge in [0.1, 0.15) is 5.82 Å². The van der Waals surface area contributed by atoms with Gasteiger partial charge in [0.15, 0.2) is 0 Å². The van der Waals surface area contributed by atoms with E-state index in [9.17, 15) is 9.90 Å². The Bertz CT molecular complexity index is 496. The van der Waals surface area contributed by atoms with Crippen molar-refractivity contribution in [1.82, 2.24) is 20.5 Å². The van der Waals surface area contributed by atoms with Crippen LogP contribution in [0.2, 0.25) is 0 Å². The highest BCUT2D eigenvalue weighted by Crippen LogP contribution is 2.31. The minimum Gasteiger partial charge on any atom is -0.394 e. The molecule has 1 aromatic heterocycles. The number of carbonyl (C=O) groups is 1. The molecule has 1 aromatic rings. The van der Waals surface area contributed by atoms with Crippen molar-refractivity contribution in [3.8, 4) is 0 Å². The number of aromatic nitrogens is 3. The Morgan fingerprint density at radius 1 is 1.43 bits per heavy atom. The van der Waals surface area contributed by atoms with E-state index < -0.39 is 5.54 Å². The second-order valence-corrected chi connectivity index (χ2v) is 7.33. The Hall–Kier alpha value is -1.43. The Morgan fingerprint density at radius 2 is 2.05 bits per heavy atom. The van der Waals surface area contributed by atoms with E-state index in [0.29, 0.717) is 11.7 Å². The first-order valence-electron chi connectivity index (χ1n) is 7.62. The van der Waals surface area contributed by atoms with Gasteiger partial charge in [0.25, 0.3) is 5.91 Å². The van der Waals surface area contributed by atoms with E-state index in [1.165, 1.54) is 0 Å². The molecule has 1 saturated carbocycles. The third-order valence-corrected chi connectivity index (χ3v) is 4.31. The van der Waals surface area contributed by atoms with E-state index in [-0.39, 0.29) is 23.8 Å². The summed E-state index contributed by atoms with van der Waals surface area (Å²) >= 11 is 0. The van der Waals surface area contributed by atoms with Crippen molar-refractivity contribution in [2.45, 2.75) is 64.3 Å². The third kappa shape index (κ3) is 3.61. The Kier molecular flexibility index (Phi) is 4.37. The maximum Gasteiger partial charge on any atom is 0.291 e. The van der Waals surface area contributed by atoms with Crippen molar-refractivity contribution < 1.29 is 9.90 Å². The predicted octanol–water partition coefficient (Wildman–Crippen LogP) is 1.77. The SMILES string of the molecule is CC1CCC(CO)(NC(=O)c2n[nH]c(C(C)(C)C)n2)CC1. The van der Waals surface area contributed by atoms with Crippen LogP contribution < -0.4 is 5.32 Å². The minimum absolute atomic E-state index is 0.0397. The molecule has 6 nitrogen and oxygen atoms in total. The second kappa shape index (κ2) is 5.75. The molecule has 3 N–H and O–H groups in total. The zero-order chi connectivity index (χ0) is 15.7. The molecule has 0 aromatic carbocycles. The number of H-pyrrole nitrogens is 1. The summed E-state index contributed by atoms with van der Waals surface area (Å²) in [6, 6.07) is 0. The Morgan fingerprint density at radius 3 is 2.52 bits per heavy atom. The van der Waals surface area contributed by atoms with Crippen LogP contribution in [0.4, 0.5) is 0 Å². The van der Waals surface area contributed by atoms with Gasteiger partial charge in [0.2, 0.25) is 5.82 Å². The van der Waals surface area contributed by atoms with Crippen LogP contribution in [0.25, 0.3) is 0 Å². The van der Waals surface area contributed by atoms with Gasteiger partial charge in [-0.25, -0.2) is 4.98 Å². The maximum atomic E-state index is 12.3. The maximum absolute atomic E-state index is 12.3. The van der Waals surface area contributed by atoms with Crippen molar-refractivity contribution in [3.63, 3.8) is 0 Å².